The second-order valence-electron chi connectivity index (χ2n) is 3.22. The summed E-state index contributed by atoms with van der Waals surface area (Å²) in [5.74, 6) is -1.12. The Hall–Kier alpha value is -2.63. The molecule has 0 bridgehead atoms. The fourth-order valence-corrected chi connectivity index (χ4v) is 1.26. The molecule has 1 heterocycles. The lowest BCUT2D eigenvalue weighted by molar-refractivity contribution is 0.102. The molecule has 86 valence electrons. The van der Waals surface area contributed by atoms with Crippen molar-refractivity contribution >= 4 is 11.7 Å². The Morgan fingerprint density at radius 2 is 2.06 bits per heavy atom. The van der Waals surface area contributed by atoms with Crippen LogP contribution in [0.3, 0.4) is 0 Å². The first-order valence-corrected chi connectivity index (χ1v) is 4.77. The van der Waals surface area contributed by atoms with Crippen LogP contribution in [0.2, 0.25) is 0 Å². The van der Waals surface area contributed by atoms with E-state index < -0.39 is 11.7 Å². The topological polar surface area (TPSA) is 95.3 Å². The number of carbonyl (C=O) groups excluding carboxylic acids is 1. The van der Waals surface area contributed by atoms with Gasteiger partial charge in [0.1, 0.15) is 0 Å². The number of carbonyl (C=O) groups is 1. The van der Waals surface area contributed by atoms with Gasteiger partial charge in [-0.3, -0.25) is 9.78 Å². The number of anilines is 1. The predicted octanol–water partition coefficient (Wildman–Crippen LogP) is 1.14. The molecule has 3 N–H and O–H groups in total. The van der Waals surface area contributed by atoms with Gasteiger partial charge in [0.05, 0.1) is 11.8 Å². The van der Waals surface area contributed by atoms with Gasteiger partial charge < -0.3 is 15.5 Å². The number of benzene rings is 1. The van der Waals surface area contributed by atoms with Crippen molar-refractivity contribution in [3.8, 4) is 11.5 Å². The molecule has 6 heteroatoms. The summed E-state index contributed by atoms with van der Waals surface area (Å²) < 4.78 is 0. The first-order chi connectivity index (χ1) is 8.18. The fraction of sp³-hybridized carbons (Fsp3) is 0. The van der Waals surface area contributed by atoms with Crippen LogP contribution in [0.4, 0.5) is 5.82 Å². The van der Waals surface area contributed by atoms with Crippen molar-refractivity contribution in [3.63, 3.8) is 0 Å². The molecule has 0 atom stereocenters. The van der Waals surface area contributed by atoms with Crippen molar-refractivity contribution in [2.24, 2.45) is 0 Å². The Bertz CT molecular complexity index is 543. The summed E-state index contributed by atoms with van der Waals surface area (Å²) in [4.78, 5) is 19.4. The van der Waals surface area contributed by atoms with Gasteiger partial charge >= 0.3 is 0 Å². The summed E-state index contributed by atoms with van der Waals surface area (Å²) in [6, 6.07) is 4.13. The number of aromatic hydroxyl groups is 2. The van der Waals surface area contributed by atoms with Crippen molar-refractivity contribution in [1.82, 2.24) is 9.97 Å². The van der Waals surface area contributed by atoms with E-state index in [1.165, 1.54) is 36.8 Å². The minimum atomic E-state index is -0.570. The Labute approximate surface area is 96.6 Å². The van der Waals surface area contributed by atoms with E-state index in [1.807, 2.05) is 0 Å². The molecule has 1 amide bonds. The quantitative estimate of drug-likeness (QED) is 0.673. The average Bonchev–Trinajstić information content (AvgIpc) is 2.34. The van der Waals surface area contributed by atoms with Gasteiger partial charge in [-0.1, -0.05) is 6.07 Å². The smallest absolute Gasteiger partial charge is 0.260 e. The van der Waals surface area contributed by atoms with Gasteiger partial charge in [0.2, 0.25) is 0 Å². The number of phenols is 2. The summed E-state index contributed by atoms with van der Waals surface area (Å²) in [6.07, 6.45) is 4.27. The molecule has 0 aliphatic rings. The zero-order valence-corrected chi connectivity index (χ0v) is 8.66. The lowest BCUT2D eigenvalue weighted by atomic mass is 10.1. The first kappa shape index (κ1) is 10.9. The van der Waals surface area contributed by atoms with E-state index in [0.717, 1.165) is 0 Å². The maximum atomic E-state index is 11.7. The van der Waals surface area contributed by atoms with E-state index in [9.17, 15) is 15.0 Å². The zero-order chi connectivity index (χ0) is 12.3. The number of para-hydroxylation sites is 1. The SMILES string of the molecule is O=C(Nc1cnccn1)c1cccc(O)c1O. The highest BCUT2D eigenvalue weighted by atomic mass is 16.3. The van der Waals surface area contributed by atoms with Gasteiger partial charge in [-0.2, -0.15) is 0 Å². The summed E-state index contributed by atoms with van der Waals surface area (Å²) in [5, 5.41) is 21.2. The van der Waals surface area contributed by atoms with Crippen LogP contribution < -0.4 is 5.32 Å². The molecular weight excluding hydrogens is 222 g/mol. The Balaban J connectivity index is 2.24. The van der Waals surface area contributed by atoms with Crippen LogP contribution in [0, 0.1) is 0 Å². The number of amides is 1. The molecule has 0 aliphatic carbocycles. The molecule has 0 saturated carbocycles. The summed E-state index contributed by atoms with van der Waals surface area (Å²) in [7, 11) is 0. The number of aromatic nitrogens is 2. The van der Waals surface area contributed by atoms with Crippen molar-refractivity contribution < 1.29 is 15.0 Å². The maximum Gasteiger partial charge on any atom is 0.260 e. The summed E-state index contributed by atoms with van der Waals surface area (Å²) >= 11 is 0. The van der Waals surface area contributed by atoms with E-state index in [-0.39, 0.29) is 17.1 Å². The monoisotopic (exact) mass is 231 g/mol. The standard InChI is InChI=1S/C11H9N3O3/c15-8-3-1-2-7(10(8)16)11(17)14-9-6-12-4-5-13-9/h1-6,15-16H,(H,13,14,17). The predicted molar refractivity (Wildman–Crippen MR) is 59.8 cm³/mol. The van der Waals surface area contributed by atoms with E-state index in [4.69, 9.17) is 0 Å². The molecule has 0 saturated heterocycles. The average molecular weight is 231 g/mol. The van der Waals surface area contributed by atoms with Gasteiger partial charge in [0, 0.05) is 12.4 Å². The Morgan fingerprint density at radius 3 is 2.76 bits per heavy atom. The van der Waals surface area contributed by atoms with E-state index >= 15 is 0 Å². The van der Waals surface area contributed by atoms with Gasteiger partial charge in [-0.25, -0.2) is 4.98 Å². The molecule has 2 aromatic rings. The third kappa shape index (κ3) is 2.31. The minimum Gasteiger partial charge on any atom is -0.504 e. The maximum absolute atomic E-state index is 11.7. The lowest BCUT2D eigenvalue weighted by Gasteiger charge is -2.06. The van der Waals surface area contributed by atoms with Gasteiger partial charge in [0.15, 0.2) is 17.3 Å². The van der Waals surface area contributed by atoms with Gasteiger partial charge in [-0.05, 0) is 12.1 Å². The molecule has 6 nitrogen and oxygen atoms in total. The highest BCUT2D eigenvalue weighted by Crippen LogP contribution is 2.28. The Morgan fingerprint density at radius 1 is 1.24 bits per heavy atom. The Kier molecular flexibility index (Phi) is 2.87. The third-order valence-electron chi connectivity index (χ3n) is 2.06. The molecule has 1 aromatic carbocycles. The molecule has 1 aromatic heterocycles. The van der Waals surface area contributed by atoms with Crippen LogP contribution in [-0.2, 0) is 0 Å². The van der Waals surface area contributed by atoms with Crippen LogP contribution >= 0.6 is 0 Å². The largest absolute Gasteiger partial charge is 0.504 e. The van der Waals surface area contributed by atoms with Crippen LogP contribution in [0.1, 0.15) is 10.4 Å². The minimum absolute atomic E-state index is 0.0318. The molecule has 0 fully saturated rings. The highest BCUT2D eigenvalue weighted by molar-refractivity contribution is 6.06. The molecule has 0 spiro atoms. The van der Waals surface area contributed by atoms with E-state index in [0.29, 0.717) is 0 Å². The second kappa shape index (κ2) is 4.48. The van der Waals surface area contributed by atoms with Crippen molar-refractivity contribution in [1.29, 1.82) is 0 Å². The summed E-state index contributed by atoms with van der Waals surface area (Å²) in [6.45, 7) is 0. The first-order valence-electron chi connectivity index (χ1n) is 4.77. The van der Waals surface area contributed by atoms with E-state index in [1.54, 1.807) is 0 Å². The molecule has 0 aliphatic heterocycles. The number of hydrogen-bond acceptors (Lipinski definition) is 5. The van der Waals surface area contributed by atoms with Crippen molar-refractivity contribution in [2.75, 3.05) is 5.32 Å². The number of hydrogen-bond donors (Lipinski definition) is 3. The number of phenolic OH excluding ortho intramolecular Hbond substituents is 2. The molecule has 17 heavy (non-hydrogen) atoms. The molecule has 2 rings (SSSR count). The second-order valence-corrected chi connectivity index (χ2v) is 3.22. The van der Waals surface area contributed by atoms with Gasteiger partial charge in [-0.15, -0.1) is 0 Å². The zero-order valence-electron chi connectivity index (χ0n) is 8.66. The summed E-state index contributed by atoms with van der Waals surface area (Å²) in [5.41, 5.74) is -0.0318. The van der Waals surface area contributed by atoms with Crippen molar-refractivity contribution in [2.45, 2.75) is 0 Å². The third-order valence-corrected chi connectivity index (χ3v) is 2.06. The normalized spacial score (nSPS) is 9.88. The lowest BCUT2D eigenvalue weighted by Crippen LogP contribution is -2.13. The van der Waals surface area contributed by atoms with Crippen LogP contribution in [-0.4, -0.2) is 26.1 Å². The van der Waals surface area contributed by atoms with Crippen LogP contribution in [0.25, 0.3) is 0 Å². The van der Waals surface area contributed by atoms with Crippen LogP contribution in [0.15, 0.2) is 36.8 Å². The van der Waals surface area contributed by atoms with Crippen LogP contribution in [0.5, 0.6) is 11.5 Å². The van der Waals surface area contributed by atoms with Crippen molar-refractivity contribution in [3.05, 3.63) is 42.4 Å². The van der Waals surface area contributed by atoms with E-state index in [2.05, 4.69) is 15.3 Å². The molecule has 0 unspecified atom stereocenters. The number of nitrogens with one attached hydrogen (secondary N) is 1. The number of rotatable bonds is 2. The fourth-order valence-electron chi connectivity index (χ4n) is 1.26. The number of nitrogens with zero attached hydrogens (tertiary/aromatic N) is 2. The highest BCUT2D eigenvalue weighted by Gasteiger charge is 2.14. The molecule has 0 radical (unpaired) electrons. The molecular formula is C11H9N3O3. The van der Waals surface area contributed by atoms with Gasteiger partial charge in [0.25, 0.3) is 5.91 Å².